The Hall–Kier alpha value is -7.62. The maximum absolute atomic E-state index is 7.65. The summed E-state index contributed by atoms with van der Waals surface area (Å²) in [5.74, 6) is 0. The molecule has 3 nitrogen and oxygen atoms in total. The average Bonchev–Trinajstić information content (AvgIpc) is 1.50. The molecule has 500 valence electrons. The van der Waals surface area contributed by atoms with Crippen molar-refractivity contribution in [2.24, 2.45) is 0 Å². The smallest absolute Gasteiger partial charge is 0.144 e. The highest BCUT2D eigenvalue weighted by Gasteiger charge is 2.54. The van der Waals surface area contributed by atoms with Gasteiger partial charge in [-0.15, -0.1) is 0 Å². The van der Waals surface area contributed by atoms with E-state index in [9.17, 15) is 0 Å². The van der Waals surface area contributed by atoms with Crippen molar-refractivity contribution in [2.45, 2.75) is 257 Å². The van der Waals surface area contributed by atoms with Crippen LogP contribution in [0.25, 0.3) is 88.4 Å². The van der Waals surface area contributed by atoms with E-state index in [2.05, 4.69) is 239 Å². The van der Waals surface area contributed by atoms with Crippen LogP contribution in [0.4, 0.5) is 17.1 Å². The summed E-state index contributed by atoms with van der Waals surface area (Å²) in [5, 5.41) is 5.04. The maximum atomic E-state index is 7.65. The predicted octanol–water partition coefficient (Wildman–Crippen LogP) is 28.8. The molecule has 0 amide bonds. The molecular formula is C94H107NO2. The lowest BCUT2D eigenvalue weighted by atomic mass is 9.62. The van der Waals surface area contributed by atoms with Gasteiger partial charge in [-0.25, -0.2) is 0 Å². The third-order valence-electron chi connectivity index (χ3n) is 24.5. The van der Waals surface area contributed by atoms with E-state index in [-0.39, 0.29) is 27.1 Å². The molecule has 0 fully saturated rings. The zero-order valence-corrected chi connectivity index (χ0v) is 60.7. The molecule has 0 saturated heterocycles. The lowest BCUT2D eigenvalue weighted by Crippen LogP contribution is -2.33. The SMILES string of the molecule is CCCCCCCC1(CCCCCCC)c2cc(N(c3ccc4c(c3)C(C)(C)c3cc5c(cc3-4)C(C)(C)c3ccc4oc6ccccc6c4c3-5)c3ccccc3C(C)(C)C)ccc2-c2c1c1c(c3c2oc2ccccc23)-c2ccccc2C1(CCCCCCC)CCCCCCC. The van der Waals surface area contributed by atoms with E-state index in [1.165, 1.54) is 258 Å². The second kappa shape index (κ2) is 25.9. The minimum atomic E-state index is -0.289. The van der Waals surface area contributed by atoms with Crippen LogP contribution in [0, 0.1) is 0 Å². The summed E-state index contributed by atoms with van der Waals surface area (Å²) >= 11 is 0. The summed E-state index contributed by atoms with van der Waals surface area (Å²) in [4.78, 5) is 2.70. The van der Waals surface area contributed by atoms with Crippen LogP contribution < -0.4 is 4.90 Å². The van der Waals surface area contributed by atoms with Crippen molar-refractivity contribution in [1.82, 2.24) is 0 Å². The number of para-hydroxylation sites is 3. The van der Waals surface area contributed by atoms with E-state index in [0.29, 0.717) is 0 Å². The first-order valence-electron chi connectivity index (χ1n) is 38.6. The van der Waals surface area contributed by atoms with Gasteiger partial charge in [0.1, 0.15) is 22.3 Å². The maximum Gasteiger partial charge on any atom is 0.144 e. The van der Waals surface area contributed by atoms with E-state index in [1.807, 2.05) is 0 Å². The molecule has 4 aliphatic carbocycles. The average molecular weight is 1280 g/mol. The molecule has 4 aliphatic rings. The Morgan fingerprint density at radius 2 is 0.804 bits per heavy atom. The van der Waals surface area contributed by atoms with Crippen molar-refractivity contribution in [3.8, 4) is 44.5 Å². The van der Waals surface area contributed by atoms with Gasteiger partial charge >= 0.3 is 0 Å². The lowest BCUT2D eigenvalue weighted by Gasteiger charge is -2.40. The molecule has 0 N–H and O–H groups in total. The normalized spacial score (nSPS) is 15.5. The van der Waals surface area contributed by atoms with E-state index < -0.39 is 0 Å². The first-order chi connectivity index (χ1) is 47.1. The van der Waals surface area contributed by atoms with Crippen LogP contribution in [-0.2, 0) is 27.1 Å². The molecule has 0 aliphatic heterocycles. The van der Waals surface area contributed by atoms with Crippen molar-refractivity contribution in [1.29, 1.82) is 0 Å². The number of unbranched alkanes of at least 4 members (excludes halogenated alkanes) is 16. The van der Waals surface area contributed by atoms with Gasteiger partial charge in [-0.3, -0.25) is 0 Å². The number of nitrogens with zero attached hydrogens (tertiary/aromatic N) is 1. The quantitative estimate of drug-likeness (QED) is 0.0481. The van der Waals surface area contributed by atoms with Crippen LogP contribution in [0.15, 0.2) is 167 Å². The first-order valence-corrected chi connectivity index (χ1v) is 38.6. The van der Waals surface area contributed by atoms with Crippen LogP contribution in [0.2, 0.25) is 0 Å². The highest BCUT2D eigenvalue weighted by Crippen LogP contribution is 2.68. The van der Waals surface area contributed by atoms with Crippen molar-refractivity contribution in [2.75, 3.05) is 4.90 Å². The molecule has 0 saturated carbocycles. The predicted molar refractivity (Wildman–Crippen MR) is 415 cm³/mol. The van der Waals surface area contributed by atoms with Crippen LogP contribution in [0.1, 0.15) is 280 Å². The standard InChI is InChI=1S/C94H107NO2/c1-12-16-20-24-36-54-93(55-37-25-21-17-13-2)71-43-31-28-40-65(71)84-85-68-42-30-35-47-80(68)97-89(85)86-66-51-49-63(59-77(66)94(88(86)87(84)93,56-38-26-22-18-14-3)57-39-27-23-19-15-4)95(78-45-33-32-44-72(78)90(5,6)7)62-48-50-64-69-60-76-70(61-75(69)92(10,11)74(64)58-62)82-73(91(76,8)9)52-53-81-83(82)67-41-29-34-46-79(67)96-81/h28-35,40-53,58-61H,12-27,36-39,54-57H2,1-11H3. The zero-order chi connectivity index (χ0) is 67.0. The topological polar surface area (TPSA) is 29.5 Å². The highest BCUT2D eigenvalue weighted by molar-refractivity contribution is 6.21. The Morgan fingerprint density at radius 1 is 0.340 bits per heavy atom. The molecule has 2 heterocycles. The van der Waals surface area contributed by atoms with Crippen LogP contribution in [-0.4, -0.2) is 0 Å². The number of benzene rings is 9. The number of fused-ring (bicyclic) bond motifs is 22. The van der Waals surface area contributed by atoms with Gasteiger partial charge in [0.25, 0.3) is 0 Å². The lowest BCUT2D eigenvalue weighted by molar-refractivity contribution is 0.369. The molecule has 0 atom stereocenters. The molecule has 9 aromatic carbocycles. The second-order valence-electron chi connectivity index (χ2n) is 32.4. The van der Waals surface area contributed by atoms with Crippen molar-refractivity contribution >= 4 is 60.9 Å². The Bertz CT molecular complexity index is 4750. The van der Waals surface area contributed by atoms with Gasteiger partial charge in [0.15, 0.2) is 0 Å². The number of rotatable bonds is 27. The fraction of sp³-hybridized carbons (Fsp3) is 0.426. The summed E-state index contributed by atoms with van der Waals surface area (Å²) in [6.45, 7) is 26.6. The fourth-order valence-corrected chi connectivity index (χ4v) is 19.6. The third kappa shape index (κ3) is 10.6. The minimum absolute atomic E-state index is 0.132. The Morgan fingerprint density at radius 3 is 1.42 bits per heavy atom. The van der Waals surface area contributed by atoms with Gasteiger partial charge in [-0.05, 0) is 181 Å². The van der Waals surface area contributed by atoms with Crippen molar-refractivity contribution in [3.63, 3.8) is 0 Å². The molecule has 97 heavy (non-hydrogen) atoms. The highest BCUT2D eigenvalue weighted by atomic mass is 16.3. The van der Waals surface area contributed by atoms with Crippen molar-refractivity contribution < 1.29 is 8.83 Å². The van der Waals surface area contributed by atoms with Gasteiger partial charge < -0.3 is 13.7 Å². The molecule has 3 heteroatoms. The van der Waals surface area contributed by atoms with Crippen molar-refractivity contribution in [3.05, 3.63) is 208 Å². The van der Waals surface area contributed by atoms with Gasteiger partial charge in [-0.2, -0.15) is 0 Å². The van der Waals surface area contributed by atoms with E-state index in [4.69, 9.17) is 8.83 Å². The Kier molecular flexibility index (Phi) is 17.4. The van der Waals surface area contributed by atoms with Gasteiger partial charge in [0.2, 0.25) is 0 Å². The number of hydrogen-bond donors (Lipinski definition) is 0. The van der Waals surface area contributed by atoms with Gasteiger partial charge in [0.05, 0.1) is 0 Å². The monoisotopic (exact) mass is 1280 g/mol. The fourth-order valence-electron chi connectivity index (χ4n) is 19.6. The largest absolute Gasteiger partial charge is 0.456 e. The molecule has 0 spiro atoms. The van der Waals surface area contributed by atoms with E-state index in [0.717, 1.165) is 35.2 Å². The Labute approximate surface area is 580 Å². The molecule has 0 unspecified atom stereocenters. The van der Waals surface area contributed by atoms with Crippen LogP contribution in [0.5, 0.6) is 0 Å². The zero-order valence-electron chi connectivity index (χ0n) is 60.7. The molecule has 0 radical (unpaired) electrons. The molecule has 11 aromatic rings. The summed E-state index contributed by atoms with van der Waals surface area (Å²) in [5.41, 5.74) is 31.2. The summed E-state index contributed by atoms with van der Waals surface area (Å²) < 4.78 is 14.2. The molecule has 15 rings (SSSR count). The number of anilines is 3. The van der Waals surface area contributed by atoms with E-state index in [1.54, 1.807) is 16.7 Å². The third-order valence-corrected chi connectivity index (χ3v) is 24.5. The number of hydrogen-bond acceptors (Lipinski definition) is 3. The van der Waals surface area contributed by atoms with Crippen LogP contribution >= 0.6 is 0 Å². The summed E-state index contributed by atoms with van der Waals surface area (Å²) in [7, 11) is 0. The minimum Gasteiger partial charge on any atom is -0.456 e. The molecule has 2 aromatic heterocycles. The summed E-state index contributed by atoms with van der Waals surface area (Å²) in [6, 6.07) is 62.2. The second-order valence-corrected chi connectivity index (χ2v) is 32.4. The molecular weight excluding hydrogens is 1180 g/mol. The number of furan rings is 2. The molecule has 0 bridgehead atoms. The van der Waals surface area contributed by atoms with Gasteiger partial charge in [0, 0.05) is 65.8 Å². The summed E-state index contributed by atoms with van der Waals surface area (Å²) in [6.07, 6.45) is 29.9. The van der Waals surface area contributed by atoms with Gasteiger partial charge in [-0.1, -0.05) is 302 Å². The first kappa shape index (κ1) is 65.3. The Balaban J connectivity index is 0.968. The van der Waals surface area contributed by atoms with E-state index >= 15 is 0 Å². The van der Waals surface area contributed by atoms with Crippen LogP contribution in [0.3, 0.4) is 0 Å².